The molecule has 1 heterocycles. The lowest BCUT2D eigenvalue weighted by atomic mass is 10.1. The number of carbonyl (C=O) groups excluding carboxylic acids is 1. The second-order valence-electron chi connectivity index (χ2n) is 3.86. The Bertz CT molecular complexity index is 328. The number of aliphatic carboxylic acids is 1. The van der Waals surface area contributed by atoms with E-state index >= 15 is 0 Å². The zero-order valence-corrected chi connectivity index (χ0v) is 7.49. The van der Waals surface area contributed by atoms with E-state index in [1.165, 1.54) is 0 Å². The van der Waals surface area contributed by atoms with E-state index in [0.717, 1.165) is 0 Å². The van der Waals surface area contributed by atoms with Gasteiger partial charge in [-0.25, -0.2) is 4.79 Å². The molecule has 0 spiro atoms. The first-order valence-corrected chi connectivity index (χ1v) is 4.44. The van der Waals surface area contributed by atoms with E-state index in [-0.39, 0.29) is 12.3 Å². The van der Waals surface area contributed by atoms with Gasteiger partial charge in [-0.2, -0.15) is 13.2 Å². The van der Waals surface area contributed by atoms with Crippen LogP contribution in [-0.4, -0.2) is 40.1 Å². The summed E-state index contributed by atoms with van der Waals surface area (Å²) in [6.45, 7) is 0. The lowest BCUT2D eigenvalue weighted by Gasteiger charge is -2.25. The summed E-state index contributed by atoms with van der Waals surface area (Å²) in [5, 5.41) is 8.68. The van der Waals surface area contributed by atoms with Crippen molar-refractivity contribution < 1.29 is 27.9 Å². The molecule has 0 radical (unpaired) electrons. The average Bonchev–Trinajstić information content (AvgIpc) is 2.75. The van der Waals surface area contributed by atoms with Crippen LogP contribution in [-0.2, 0) is 9.59 Å². The van der Waals surface area contributed by atoms with Crippen LogP contribution in [0.4, 0.5) is 13.2 Å². The maximum atomic E-state index is 12.1. The van der Waals surface area contributed by atoms with Crippen molar-refractivity contribution in [3.63, 3.8) is 0 Å². The number of carboxylic acids is 1. The third-order valence-electron chi connectivity index (χ3n) is 2.87. The quantitative estimate of drug-likeness (QED) is 0.709. The molecule has 0 aromatic heterocycles. The predicted molar refractivity (Wildman–Crippen MR) is 40.8 cm³/mol. The van der Waals surface area contributed by atoms with Crippen molar-refractivity contribution in [1.82, 2.24) is 4.90 Å². The summed E-state index contributed by atoms with van der Waals surface area (Å²) < 4.78 is 36.4. The van der Waals surface area contributed by atoms with Crippen molar-refractivity contribution in [2.24, 2.45) is 5.92 Å². The number of alkyl halides is 3. The molecular weight excluding hydrogens is 215 g/mol. The van der Waals surface area contributed by atoms with Crippen molar-refractivity contribution in [3.05, 3.63) is 0 Å². The molecule has 1 amide bonds. The van der Waals surface area contributed by atoms with Gasteiger partial charge in [0.15, 0.2) is 0 Å². The lowest BCUT2D eigenvalue weighted by molar-refractivity contribution is -0.189. The minimum Gasteiger partial charge on any atom is -0.480 e. The molecule has 0 bridgehead atoms. The van der Waals surface area contributed by atoms with E-state index in [9.17, 15) is 22.8 Å². The highest BCUT2D eigenvalue weighted by Gasteiger charge is 2.60. The fourth-order valence-electron chi connectivity index (χ4n) is 2.12. The molecule has 1 aliphatic carbocycles. The van der Waals surface area contributed by atoms with Gasteiger partial charge in [-0.05, 0) is 18.8 Å². The predicted octanol–water partition coefficient (Wildman–Crippen LogP) is 0.623. The molecule has 0 unspecified atom stereocenters. The molecule has 4 nitrogen and oxygen atoms in total. The number of carboxylic acid groups (broad SMARTS) is 1. The van der Waals surface area contributed by atoms with E-state index in [1.807, 2.05) is 0 Å². The molecule has 1 aliphatic heterocycles. The fraction of sp³-hybridized carbons (Fsp3) is 0.750. The molecule has 1 N–H and O–H groups in total. The summed E-state index contributed by atoms with van der Waals surface area (Å²) in [5.41, 5.74) is 0. The van der Waals surface area contributed by atoms with E-state index in [1.54, 1.807) is 0 Å². The SMILES string of the molecule is O=C(O)[C@H]1C[C@H]2C[C@H]2N1C(=O)C(F)(F)F. The van der Waals surface area contributed by atoms with Crippen LogP contribution in [0, 0.1) is 5.92 Å². The monoisotopic (exact) mass is 223 g/mol. The number of halogens is 3. The van der Waals surface area contributed by atoms with Gasteiger partial charge in [0.2, 0.25) is 0 Å². The normalized spacial score (nSPS) is 33.8. The molecule has 2 rings (SSSR count). The maximum Gasteiger partial charge on any atom is 0.471 e. The fourth-order valence-corrected chi connectivity index (χ4v) is 2.12. The first-order valence-electron chi connectivity index (χ1n) is 4.44. The van der Waals surface area contributed by atoms with Gasteiger partial charge < -0.3 is 10.0 Å². The highest BCUT2D eigenvalue weighted by Crippen LogP contribution is 2.49. The summed E-state index contributed by atoms with van der Waals surface area (Å²) in [6, 6.07) is -1.82. The van der Waals surface area contributed by atoms with Gasteiger partial charge in [-0.1, -0.05) is 0 Å². The van der Waals surface area contributed by atoms with Gasteiger partial charge in [-0.3, -0.25) is 4.79 Å². The first kappa shape index (κ1) is 10.3. The lowest BCUT2D eigenvalue weighted by Crippen LogP contribution is -2.48. The van der Waals surface area contributed by atoms with Crippen molar-refractivity contribution >= 4 is 11.9 Å². The van der Waals surface area contributed by atoms with Crippen LogP contribution < -0.4 is 0 Å². The Balaban J connectivity index is 2.19. The Kier molecular flexibility index (Phi) is 1.96. The highest BCUT2D eigenvalue weighted by atomic mass is 19.4. The number of hydrogen-bond donors (Lipinski definition) is 1. The van der Waals surface area contributed by atoms with E-state index in [4.69, 9.17) is 5.11 Å². The van der Waals surface area contributed by atoms with E-state index in [0.29, 0.717) is 11.3 Å². The van der Waals surface area contributed by atoms with Crippen molar-refractivity contribution in [1.29, 1.82) is 0 Å². The van der Waals surface area contributed by atoms with Crippen molar-refractivity contribution in [3.8, 4) is 0 Å². The molecule has 2 aliphatic rings. The van der Waals surface area contributed by atoms with Gasteiger partial charge >= 0.3 is 18.1 Å². The number of fused-ring (bicyclic) bond motifs is 1. The summed E-state index contributed by atoms with van der Waals surface area (Å²) in [7, 11) is 0. The Morgan fingerprint density at radius 3 is 2.33 bits per heavy atom. The van der Waals surface area contributed by atoms with E-state index in [2.05, 4.69) is 0 Å². The molecule has 1 saturated heterocycles. The molecule has 84 valence electrons. The van der Waals surface area contributed by atoms with Crippen LogP contribution in [0.1, 0.15) is 12.8 Å². The number of rotatable bonds is 1. The minimum absolute atomic E-state index is 0.0580. The molecule has 15 heavy (non-hydrogen) atoms. The Labute approximate surface area is 82.7 Å². The highest BCUT2D eigenvalue weighted by molar-refractivity contribution is 5.88. The number of carbonyl (C=O) groups is 2. The zero-order chi connectivity index (χ0) is 11.4. The molecular formula is C8H8F3NO3. The number of piperidine rings is 1. The Morgan fingerprint density at radius 1 is 1.27 bits per heavy atom. The number of hydrogen-bond acceptors (Lipinski definition) is 2. The van der Waals surface area contributed by atoms with Crippen LogP contribution in [0.3, 0.4) is 0 Å². The molecule has 1 saturated carbocycles. The first-order chi connectivity index (χ1) is 6.82. The average molecular weight is 223 g/mol. The standard InChI is InChI=1S/C8H8F3NO3/c9-8(10,11)7(15)12-4-1-3(4)2-5(12)6(13)14/h3-5H,1-2H2,(H,13,14)/t3-,4-,5-/m1/s1. The van der Waals surface area contributed by atoms with E-state index < -0.39 is 30.1 Å². The second-order valence-corrected chi connectivity index (χ2v) is 3.86. The second kappa shape index (κ2) is 2.86. The summed E-state index contributed by atoms with van der Waals surface area (Å²) >= 11 is 0. The van der Waals surface area contributed by atoms with Gasteiger partial charge in [0.1, 0.15) is 6.04 Å². The van der Waals surface area contributed by atoms with Crippen molar-refractivity contribution in [2.45, 2.75) is 31.1 Å². The number of amides is 1. The van der Waals surface area contributed by atoms with Gasteiger partial charge in [0, 0.05) is 6.04 Å². The number of nitrogens with zero attached hydrogens (tertiary/aromatic N) is 1. The zero-order valence-electron chi connectivity index (χ0n) is 7.49. The Morgan fingerprint density at radius 2 is 1.87 bits per heavy atom. The molecule has 2 fully saturated rings. The van der Waals surface area contributed by atoms with Crippen molar-refractivity contribution in [2.75, 3.05) is 0 Å². The van der Waals surface area contributed by atoms with Crippen LogP contribution >= 0.6 is 0 Å². The third-order valence-corrected chi connectivity index (χ3v) is 2.87. The topological polar surface area (TPSA) is 57.6 Å². The number of likely N-dealkylation sites (tertiary alicyclic amines) is 1. The molecule has 0 aromatic carbocycles. The van der Waals surface area contributed by atoms with Crippen LogP contribution in [0.15, 0.2) is 0 Å². The minimum atomic E-state index is -4.98. The van der Waals surface area contributed by atoms with Gasteiger partial charge in [0.25, 0.3) is 0 Å². The van der Waals surface area contributed by atoms with Gasteiger partial charge in [0.05, 0.1) is 0 Å². The third kappa shape index (κ3) is 1.55. The van der Waals surface area contributed by atoms with Crippen LogP contribution in [0.2, 0.25) is 0 Å². The smallest absolute Gasteiger partial charge is 0.471 e. The molecule has 7 heteroatoms. The van der Waals surface area contributed by atoms with Gasteiger partial charge in [-0.15, -0.1) is 0 Å². The summed E-state index contributed by atoms with van der Waals surface area (Å²) in [5.74, 6) is -3.45. The molecule has 0 aromatic rings. The Hall–Kier alpha value is -1.27. The van der Waals surface area contributed by atoms with Crippen LogP contribution in [0.25, 0.3) is 0 Å². The largest absolute Gasteiger partial charge is 0.480 e. The van der Waals surface area contributed by atoms with Crippen LogP contribution in [0.5, 0.6) is 0 Å². The maximum absolute atomic E-state index is 12.1. The summed E-state index contributed by atoms with van der Waals surface area (Å²) in [4.78, 5) is 22.1. The molecule has 3 atom stereocenters. The summed E-state index contributed by atoms with van der Waals surface area (Å²) in [6.07, 6.45) is -4.35.